The van der Waals surface area contributed by atoms with Crippen LogP contribution in [-0.4, -0.2) is 10.9 Å². The monoisotopic (exact) mass is 180 g/mol. The highest BCUT2D eigenvalue weighted by Gasteiger charge is 2.23. The lowest BCUT2D eigenvalue weighted by atomic mass is 10.0. The third-order valence-corrected chi connectivity index (χ3v) is 2.52. The van der Waals surface area contributed by atoms with Crippen molar-refractivity contribution in [1.29, 1.82) is 0 Å². The van der Waals surface area contributed by atoms with Gasteiger partial charge in [-0.1, -0.05) is 11.2 Å². The molecular weight excluding hydrogens is 170 g/mol. The smallest absolute Gasteiger partial charge is 0.132 e. The van der Waals surface area contributed by atoms with Crippen LogP contribution >= 0.6 is 0 Å². The van der Waals surface area contributed by atoms with Gasteiger partial charge in [0.25, 0.3) is 0 Å². The second-order valence-electron chi connectivity index (χ2n) is 3.26. The Morgan fingerprint density at radius 1 is 1.38 bits per heavy atom. The number of aryl methyl sites for hydroxylation is 1. The minimum atomic E-state index is -0.286. The highest BCUT2D eigenvalue weighted by molar-refractivity contribution is 6.04. The van der Waals surface area contributed by atoms with Crippen molar-refractivity contribution in [2.75, 3.05) is 0 Å². The van der Waals surface area contributed by atoms with Gasteiger partial charge in [-0.05, 0) is 37.0 Å². The Balaban J connectivity index is 2.69. The molecule has 0 heterocycles. The quantitative estimate of drug-likeness (QED) is 0.370. The molecule has 0 saturated heterocycles. The average Bonchev–Trinajstić information content (AvgIpc) is 2.56. The van der Waals surface area contributed by atoms with Crippen LogP contribution in [0, 0.1) is 12.7 Å². The zero-order chi connectivity index (χ0) is 9.42. The first kappa shape index (κ1) is 8.23. The molecule has 0 saturated carbocycles. The minimum absolute atomic E-state index is 0.286. The van der Waals surface area contributed by atoms with Gasteiger partial charge in [-0.15, -0.1) is 0 Å². The lowest BCUT2D eigenvalue weighted by Crippen LogP contribution is -1.99. The summed E-state index contributed by atoms with van der Waals surface area (Å²) in [5, 5.41) is 11.8. The molecule has 3 heteroatoms. The van der Waals surface area contributed by atoms with Gasteiger partial charge in [-0.25, -0.2) is 4.39 Å². The predicted octanol–water partition coefficient (Wildman–Crippen LogP) is 2.26. The van der Waals surface area contributed by atoms with Gasteiger partial charge in [-0.3, -0.25) is 0 Å². The van der Waals surface area contributed by atoms with E-state index in [-0.39, 0.29) is 5.82 Å². The van der Waals surface area contributed by atoms with Crippen LogP contribution in [0.15, 0.2) is 17.3 Å². The lowest BCUT2D eigenvalue weighted by molar-refractivity contribution is 0.318. The first-order valence-corrected chi connectivity index (χ1v) is 4.23. The van der Waals surface area contributed by atoms with Gasteiger partial charge < -0.3 is 5.21 Å². The molecule has 0 bridgehead atoms. The highest BCUT2D eigenvalue weighted by Crippen LogP contribution is 2.27. The maximum absolute atomic E-state index is 13.3. The second kappa shape index (κ2) is 2.83. The van der Waals surface area contributed by atoms with E-state index >= 15 is 0 Å². The van der Waals surface area contributed by atoms with E-state index < -0.39 is 0 Å². The topological polar surface area (TPSA) is 32.6 Å². The van der Waals surface area contributed by atoms with E-state index in [0.29, 0.717) is 17.7 Å². The summed E-state index contributed by atoms with van der Waals surface area (Å²) in [4.78, 5) is 0. The van der Waals surface area contributed by atoms with Crippen molar-refractivity contribution >= 4 is 5.71 Å². The number of rotatable bonds is 0. The summed E-state index contributed by atoms with van der Waals surface area (Å²) in [6.07, 6.45) is 1.41. The maximum Gasteiger partial charge on any atom is 0.132 e. The molecule has 2 nitrogen and oxygen atoms in total. The number of benzene rings is 1. The van der Waals surface area contributed by atoms with Crippen LogP contribution in [0.1, 0.15) is 23.1 Å². The molecule has 13 heavy (non-hydrogen) atoms. The number of nitrogens with zero attached hydrogens (tertiary/aromatic N) is 1. The van der Waals surface area contributed by atoms with Crippen molar-refractivity contribution in [3.05, 3.63) is 34.6 Å². The van der Waals surface area contributed by atoms with E-state index in [2.05, 4.69) is 5.16 Å². The van der Waals surface area contributed by atoms with Crippen molar-refractivity contribution in [2.45, 2.75) is 19.8 Å². The fourth-order valence-electron chi connectivity index (χ4n) is 1.83. The molecular formula is C10H10FNO. The van der Waals surface area contributed by atoms with E-state index in [9.17, 15) is 4.39 Å². The van der Waals surface area contributed by atoms with Gasteiger partial charge in [0.2, 0.25) is 0 Å². The summed E-state index contributed by atoms with van der Waals surface area (Å²) in [5.74, 6) is -0.286. The van der Waals surface area contributed by atoms with Crippen molar-refractivity contribution < 1.29 is 9.60 Å². The standard InChI is InChI=1S/C10H10FNO/c1-6-2-4-8(11)10-7(6)3-5-9(10)12-13/h2,4,13H,3,5H2,1H3/b12-9-/i12+1. The summed E-state index contributed by atoms with van der Waals surface area (Å²) in [6.45, 7) is 1.94. The molecule has 0 amide bonds. The summed E-state index contributed by atoms with van der Waals surface area (Å²) >= 11 is 0. The molecule has 1 aliphatic rings. The molecule has 0 radical (unpaired) electrons. The molecule has 0 aromatic heterocycles. The first-order valence-electron chi connectivity index (χ1n) is 4.23. The van der Waals surface area contributed by atoms with Gasteiger partial charge >= 0.3 is 0 Å². The SMILES string of the molecule is Cc1ccc(F)c2c1CC/C2=[15N]/O. The van der Waals surface area contributed by atoms with Crippen molar-refractivity contribution in [2.24, 2.45) is 5.16 Å². The molecule has 1 N–H and O–H groups in total. The van der Waals surface area contributed by atoms with Gasteiger partial charge in [0.1, 0.15) is 5.82 Å². The van der Waals surface area contributed by atoms with E-state index in [1.165, 1.54) is 6.07 Å². The van der Waals surface area contributed by atoms with Crippen molar-refractivity contribution in [3.8, 4) is 0 Å². The molecule has 0 aliphatic heterocycles. The number of halogens is 1. The molecule has 1 aromatic carbocycles. The first-order chi connectivity index (χ1) is 6.24. The molecule has 1 aliphatic carbocycles. The largest absolute Gasteiger partial charge is 0.411 e. The molecule has 1 aromatic rings. The fourth-order valence-corrected chi connectivity index (χ4v) is 1.83. The zero-order valence-electron chi connectivity index (χ0n) is 7.34. The van der Waals surface area contributed by atoms with Crippen molar-refractivity contribution in [1.82, 2.24) is 0 Å². The number of oxime groups is 1. The Morgan fingerprint density at radius 3 is 2.85 bits per heavy atom. The average molecular weight is 180 g/mol. The maximum atomic E-state index is 13.3. The van der Waals surface area contributed by atoms with Crippen LogP contribution in [-0.2, 0) is 6.42 Å². The van der Waals surface area contributed by atoms with Crippen LogP contribution in [0.2, 0.25) is 0 Å². The molecule has 68 valence electrons. The van der Waals surface area contributed by atoms with Gasteiger partial charge in [-0.2, -0.15) is 0 Å². The third-order valence-electron chi connectivity index (χ3n) is 2.52. The van der Waals surface area contributed by atoms with E-state index in [4.69, 9.17) is 5.21 Å². The summed E-state index contributed by atoms with van der Waals surface area (Å²) in [5.41, 5.74) is 3.02. The Hall–Kier alpha value is -1.38. The molecule has 0 unspecified atom stereocenters. The van der Waals surface area contributed by atoms with Crippen LogP contribution in [0.4, 0.5) is 4.39 Å². The third kappa shape index (κ3) is 1.11. The second-order valence-corrected chi connectivity index (χ2v) is 3.26. The number of hydrogen-bond donors (Lipinski definition) is 1. The number of hydrogen-bond acceptors (Lipinski definition) is 2. The van der Waals surface area contributed by atoms with Gasteiger partial charge in [0.05, 0.1) is 5.71 Å². The van der Waals surface area contributed by atoms with E-state index in [1.807, 2.05) is 6.92 Å². The number of fused-ring (bicyclic) bond motifs is 1. The molecule has 0 fully saturated rings. The molecule has 0 spiro atoms. The Bertz CT molecular complexity index is 385. The normalized spacial score (nSPS) is 17.8. The van der Waals surface area contributed by atoms with Crippen LogP contribution in [0.25, 0.3) is 0 Å². The zero-order valence-corrected chi connectivity index (χ0v) is 7.34. The lowest BCUT2D eigenvalue weighted by Gasteiger charge is -2.03. The van der Waals surface area contributed by atoms with E-state index in [0.717, 1.165) is 17.5 Å². The van der Waals surface area contributed by atoms with Crippen LogP contribution < -0.4 is 0 Å². The van der Waals surface area contributed by atoms with Gasteiger partial charge in [0.15, 0.2) is 0 Å². The Morgan fingerprint density at radius 2 is 2.15 bits per heavy atom. The van der Waals surface area contributed by atoms with Crippen molar-refractivity contribution in [3.63, 3.8) is 0 Å². The molecule has 2 rings (SSSR count). The minimum Gasteiger partial charge on any atom is -0.411 e. The molecule has 0 atom stereocenters. The fraction of sp³-hybridized carbons (Fsp3) is 0.300. The highest BCUT2D eigenvalue weighted by atomic mass is 19.1. The van der Waals surface area contributed by atoms with E-state index in [1.54, 1.807) is 6.07 Å². The summed E-state index contributed by atoms with van der Waals surface area (Å²) < 4.78 is 13.3. The predicted molar refractivity (Wildman–Crippen MR) is 47.8 cm³/mol. The van der Waals surface area contributed by atoms with Gasteiger partial charge in [0, 0.05) is 5.56 Å². The summed E-state index contributed by atoms with van der Waals surface area (Å²) in [6, 6.07) is 3.18. The Kier molecular flexibility index (Phi) is 1.79. The Labute approximate surface area is 75.7 Å². The summed E-state index contributed by atoms with van der Waals surface area (Å²) in [7, 11) is 0. The van der Waals surface area contributed by atoms with Crippen LogP contribution in [0.5, 0.6) is 0 Å². The van der Waals surface area contributed by atoms with Crippen LogP contribution in [0.3, 0.4) is 0 Å².